The van der Waals surface area contributed by atoms with E-state index in [1.54, 1.807) is 6.07 Å². The summed E-state index contributed by atoms with van der Waals surface area (Å²) in [5.74, 6) is -0.670. The molecule has 0 spiro atoms. The number of hydrogen-bond donors (Lipinski definition) is 3. The molecule has 0 unspecified atom stereocenters. The summed E-state index contributed by atoms with van der Waals surface area (Å²) in [5.41, 5.74) is 0.0333. The zero-order valence-electron chi connectivity index (χ0n) is 13.1. The number of halogens is 1. The van der Waals surface area contributed by atoms with Crippen LogP contribution in [0.1, 0.15) is 25.1 Å². The molecule has 0 aliphatic carbocycles. The maximum Gasteiger partial charge on any atom is 0.266 e. The number of thiophene rings is 1. The van der Waals surface area contributed by atoms with Crippen molar-refractivity contribution in [3.63, 3.8) is 0 Å². The quantitative estimate of drug-likeness (QED) is 0.663. The average Bonchev–Trinajstić information content (AvgIpc) is 3.15. The van der Waals surface area contributed by atoms with E-state index in [4.69, 9.17) is 4.74 Å². The molecule has 0 saturated heterocycles. The molecule has 0 fully saturated rings. The smallest absolute Gasteiger partial charge is 0.266 e. The van der Waals surface area contributed by atoms with Gasteiger partial charge in [-0.2, -0.15) is 9.49 Å². The SMILES string of the molecule is CC(C)[C@@]1(O)COCc2c1[nH]c(=O)c1sc(-c3cn[nH]c3F)cc21. The molecule has 126 valence electrons. The van der Waals surface area contributed by atoms with Crippen molar-refractivity contribution < 1.29 is 14.2 Å². The molecule has 6 nitrogen and oxygen atoms in total. The zero-order chi connectivity index (χ0) is 17.1. The molecule has 0 amide bonds. The van der Waals surface area contributed by atoms with E-state index in [-0.39, 0.29) is 18.1 Å². The Bertz CT molecular complexity index is 990. The summed E-state index contributed by atoms with van der Waals surface area (Å²) in [6.07, 6.45) is 1.39. The first kappa shape index (κ1) is 15.5. The maximum atomic E-state index is 13.8. The minimum absolute atomic E-state index is 0.130. The van der Waals surface area contributed by atoms with Crippen molar-refractivity contribution in [2.24, 2.45) is 5.92 Å². The Morgan fingerprint density at radius 1 is 1.50 bits per heavy atom. The third kappa shape index (κ3) is 2.07. The van der Waals surface area contributed by atoms with Gasteiger partial charge in [-0.15, -0.1) is 11.3 Å². The van der Waals surface area contributed by atoms with Crippen molar-refractivity contribution in [2.45, 2.75) is 26.1 Å². The van der Waals surface area contributed by atoms with Crippen LogP contribution in [0.25, 0.3) is 20.5 Å². The van der Waals surface area contributed by atoms with Gasteiger partial charge in [-0.05, 0) is 12.0 Å². The van der Waals surface area contributed by atoms with Gasteiger partial charge in [-0.1, -0.05) is 13.8 Å². The van der Waals surface area contributed by atoms with Crippen LogP contribution in [0.15, 0.2) is 17.1 Å². The summed E-state index contributed by atoms with van der Waals surface area (Å²) >= 11 is 1.20. The summed E-state index contributed by atoms with van der Waals surface area (Å²) in [6.45, 7) is 4.18. The molecule has 24 heavy (non-hydrogen) atoms. The van der Waals surface area contributed by atoms with Crippen LogP contribution in [0.4, 0.5) is 4.39 Å². The Morgan fingerprint density at radius 2 is 2.29 bits per heavy atom. The molecule has 0 bridgehead atoms. The van der Waals surface area contributed by atoms with E-state index in [2.05, 4.69) is 15.2 Å². The number of nitrogens with one attached hydrogen (secondary N) is 2. The minimum Gasteiger partial charge on any atom is -0.381 e. The van der Waals surface area contributed by atoms with E-state index in [9.17, 15) is 14.3 Å². The van der Waals surface area contributed by atoms with Crippen LogP contribution in [0.2, 0.25) is 0 Å². The first-order valence-electron chi connectivity index (χ1n) is 7.60. The van der Waals surface area contributed by atoms with Crippen molar-refractivity contribution in [1.29, 1.82) is 0 Å². The van der Waals surface area contributed by atoms with Gasteiger partial charge < -0.3 is 14.8 Å². The average molecular weight is 349 g/mol. The summed E-state index contributed by atoms with van der Waals surface area (Å²) in [5, 5.41) is 17.6. The highest BCUT2D eigenvalue weighted by Gasteiger charge is 2.40. The first-order chi connectivity index (χ1) is 11.4. The van der Waals surface area contributed by atoms with Crippen LogP contribution in [0.3, 0.4) is 0 Å². The van der Waals surface area contributed by atoms with Gasteiger partial charge in [0.05, 0.1) is 30.7 Å². The van der Waals surface area contributed by atoms with E-state index < -0.39 is 11.5 Å². The molecule has 3 aromatic rings. The number of ether oxygens (including phenoxy) is 1. The molecule has 0 aromatic carbocycles. The van der Waals surface area contributed by atoms with Crippen molar-refractivity contribution >= 4 is 21.4 Å². The molecule has 1 atom stereocenters. The lowest BCUT2D eigenvalue weighted by Gasteiger charge is -2.37. The molecule has 0 saturated carbocycles. The van der Waals surface area contributed by atoms with E-state index in [0.717, 1.165) is 5.56 Å². The summed E-state index contributed by atoms with van der Waals surface area (Å²) in [6, 6.07) is 1.76. The number of nitrogens with zero attached hydrogens (tertiary/aromatic N) is 1. The van der Waals surface area contributed by atoms with E-state index in [0.29, 0.717) is 32.8 Å². The third-order valence-electron chi connectivity index (χ3n) is 4.62. The second-order valence-corrected chi connectivity index (χ2v) is 7.38. The second kappa shape index (κ2) is 5.23. The molecular weight excluding hydrogens is 333 g/mol. The largest absolute Gasteiger partial charge is 0.381 e. The van der Waals surface area contributed by atoms with Crippen LogP contribution in [0, 0.1) is 11.9 Å². The number of fused-ring (bicyclic) bond motifs is 3. The van der Waals surface area contributed by atoms with Crippen molar-refractivity contribution in [1.82, 2.24) is 15.2 Å². The van der Waals surface area contributed by atoms with Gasteiger partial charge in [0.2, 0.25) is 5.95 Å². The van der Waals surface area contributed by atoms with E-state index >= 15 is 0 Å². The number of aliphatic hydroxyl groups is 1. The number of rotatable bonds is 2. The highest BCUT2D eigenvalue weighted by atomic mass is 32.1. The molecule has 8 heteroatoms. The molecule has 1 aliphatic rings. The molecular formula is C16H16FN3O3S. The lowest BCUT2D eigenvalue weighted by Crippen LogP contribution is -2.43. The van der Waals surface area contributed by atoms with Crippen LogP contribution >= 0.6 is 11.3 Å². The fourth-order valence-electron chi connectivity index (χ4n) is 3.09. The monoisotopic (exact) mass is 349 g/mol. The first-order valence-corrected chi connectivity index (χ1v) is 8.42. The van der Waals surface area contributed by atoms with Gasteiger partial charge in [0.15, 0.2) is 0 Å². The maximum absolute atomic E-state index is 13.8. The summed E-state index contributed by atoms with van der Waals surface area (Å²) in [4.78, 5) is 15.9. The lowest BCUT2D eigenvalue weighted by atomic mass is 9.83. The second-order valence-electron chi connectivity index (χ2n) is 6.33. The normalized spacial score (nSPS) is 20.7. The molecule has 3 N–H and O–H groups in total. The van der Waals surface area contributed by atoms with Crippen LogP contribution in [-0.4, -0.2) is 26.9 Å². The molecule has 3 aromatic heterocycles. The number of aromatic nitrogens is 3. The van der Waals surface area contributed by atoms with Gasteiger partial charge >= 0.3 is 0 Å². The van der Waals surface area contributed by atoms with Gasteiger partial charge in [-0.25, -0.2) is 0 Å². The van der Waals surface area contributed by atoms with Gasteiger partial charge in [0, 0.05) is 15.8 Å². The number of aromatic amines is 2. The molecule has 1 aliphatic heterocycles. The van der Waals surface area contributed by atoms with Crippen molar-refractivity contribution in [3.8, 4) is 10.4 Å². The lowest BCUT2D eigenvalue weighted by molar-refractivity contribution is -0.104. The fourth-order valence-corrected chi connectivity index (χ4v) is 4.18. The summed E-state index contributed by atoms with van der Waals surface area (Å²) < 4.78 is 19.8. The standard InChI is InChI=1S/C16H16FN3O3S/c1-7(2)16(22)6-23-5-10-8-3-11(9-4-18-20-14(9)17)24-12(8)15(21)19-13(10)16/h3-4,7,22H,5-6H2,1-2H3,(H,18,20)(H,19,21)/t16-/m0/s1. The van der Waals surface area contributed by atoms with Gasteiger partial charge in [0.1, 0.15) is 10.3 Å². The molecule has 4 heterocycles. The molecule has 4 rings (SSSR count). The van der Waals surface area contributed by atoms with Gasteiger partial charge in [0.25, 0.3) is 5.56 Å². The Labute approximate surface area is 140 Å². The highest BCUT2D eigenvalue weighted by Crippen LogP contribution is 2.40. The molecule has 0 radical (unpaired) electrons. The Hall–Kier alpha value is -2.03. The number of hydrogen-bond acceptors (Lipinski definition) is 5. The number of H-pyrrole nitrogens is 2. The van der Waals surface area contributed by atoms with Crippen LogP contribution < -0.4 is 5.56 Å². The topological polar surface area (TPSA) is 91.0 Å². The third-order valence-corrected chi connectivity index (χ3v) is 5.79. The van der Waals surface area contributed by atoms with Gasteiger partial charge in [-0.3, -0.25) is 9.89 Å². The Morgan fingerprint density at radius 3 is 2.96 bits per heavy atom. The predicted molar refractivity (Wildman–Crippen MR) is 88.4 cm³/mol. The fraction of sp³-hybridized carbons (Fsp3) is 0.375. The van der Waals surface area contributed by atoms with E-state index in [1.807, 2.05) is 13.8 Å². The van der Waals surface area contributed by atoms with Crippen molar-refractivity contribution in [3.05, 3.63) is 39.8 Å². The number of pyridine rings is 1. The predicted octanol–water partition coefficient (Wildman–Crippen LogP) is 2.49. The zero-order valence-corrected chi connectivity index (χ0v) is 14.0. The Balaban J connectivity index is 2.00. The van der Waals surface area contributed by atoms with Crippen LogP contribution in [0.5, 0.6) is 0 Å². The van der Waals surface area contributed by atoms with Crippen molar-refractivity contribution in [2.75, 3.05) is 6.61 Å². The minimum atomic E-state index is -1.25. The Kier molecular flexibility index (Phi) is 3.38. The van der Waals surface area contributed by atoms with E-state index in [1.165, 1.54) is 17.5 Å². The van der Waals surface area contributed by atoms with Crippen LogP contribution in [-0.2, 0) is 16.9 Å². The summed E-state index contributed by atoms with van der Waals surface area (Å²) in [7, 11) is 0. The highest BCUT2D eigenvalue weighted by molar-refractivity contribution is 7.22.